The van der Waals surface area contributed by atoms with Gasteiger partial charge in [0.1, 0.15) is 5.75 Å². The summed E-state index contributed by atoms with van der Waals surface area (Å²) >= 11 is 0. The lowest BCUT2D eigenvalue weighted by molar-refractivity contribution is 0.251. The molecule has 23 heavy (non-hydrogen) atoms. The van der Waals surface area contributed by atoms with E-state index < -0.39 is 0 Å². The minimum atomic E-state index is -0.242. The molecule has 1 aromatic heterocycles. The van der Waals surface area contributed by atoms with Crippen LogP contribution in [0.3, 0.4) is 0 Å². The third-order valence-corrected chi connectivity index (χ3v) is 3.26. The van der Waals surface area contributed by atoms with Crippen molar-refractivity contribution in [2.24, 2.45) is 0 Å². The third-order valence-electron chi connectivity index (χ3n) is 3.26. The van der Waals surface area contributed by atoms with Gasteiger partial charge in [-0.25, -0.2) is 4.79 Å². The summed E-state index contributed by atoms with van der Waals surface area (Å²) in [5.41, 5.74) is 0.884. The van der Waals surface area contributed by atoms with Crippen LogP contribution in [-0.2, 0) is 0 Å². The minimum absolute atomic E-state index is 0.242. The predicted octanol–water partition coefficient (Wildman–Crippen LogP) is 2.90. The molecule has 7 nitrogen and oxygen atoms in total. The number of nitrogens with one attached hydrogen (secondary N) is 3. The molecule has 0 aliphatic heterocycles. The summed E-state index contributed by atoms with van der Waals surface area (Å²) in [5, 5.41) is 16.6. The predicted molar refractivity (Wildman–Crippen MR) is 88.1 cm³/mol. The Balaban J connectivity index is 1.54. The first-order chi connectivity index (χ1) is 11.2. The van der Waals surface area contributed by atoms with Crippen LogP contribution in [0, 0.1) is 0 Å². The fraction of sp³-hybridized carbons (Fsp3) is 0.312. The normalized spacial score (nSPS) is 13.3. The fourth-order valence-electron chi connectivity index (χ4n) is 1.98. The maximum absolute atomic E-state index is 11.6. The first kappa shape index (κ1) is 15.1. The van der Waals surface area contributed by atoms with E-state index in [0.29, 0.717) is 24.3 Å². The molecule has 1 heterocycles. The van der Waals surface area contributed by atoms with Gasteiger partial charge < -0.3 is 15.4 Å². The standard InChI is InChI=1S/C16H19N5O2/c1-2-23-13-7-5-11(6-8-13)17-14-9-10-15(21-20-14)19-16(22)18-12-3-4-12/h5-10,12H,2-4H2,1H3,(H,17,20)(H2,18,19,21,22). The van der Waals surface area contributed by atoms with Gasteiger partial charge >= 0.3 is 6.03 Å². The quantitative estimate of drug-likeness (QED) is 0.763. The number of hydrogen-bond acceptors (Lipinski definition) is 5. The molecule has 0 unspecified atom stereocenters. The molecule has 0 atom stereocenters. The van der Waals surface area contributed by atoms with E-state index in [1.165, 1.54) is 0 Å². The summed E-state index contributed by atoms with van der Waals surface area (Å²) in [7, 11) is 0. The van der Waals surface area contributed by atoms with Crippen molar-refractivity contribution in [1.29, 1.82) is 0 Å². The molecule has 3 N–H and O–H groups in total. The van der Waals surface area contributed by atoms with Crippen LogP contribution in [-0.4, -0.2) is 28.9 Å². The number of benzene rings is 1. The highest BCUT2D eigenvalue weighted by Crippen LogP contribution is 2.20. The SMILES string of the molecule is CCOc1ccc(Nc2ccc(NC(=O)NC3CC3)nn2)cc1. The lowest BCUT2D eigenvalue weighted by atomic mass is 10.3. The Morgan fingerprint density at radius 2 is 1.83 bits per heavy atom. The van der Waals surface area contributed by atoms with Crippen molar-refractivity contribution in [3.8, 4) is 5.75 Å². The second-order valence-corrected chi connectivity index (χ2v) is 5.26. The number of aromatic nitrogens is 2. The number of hydrogen-bond donors (Lipinski definition) is 3. The van der Waals surface area contributed by atoms with Gasteiger partial charge in [0.2, 0.25) is 0 Å². The summed E-state index contributed by atoms with van der Waals surface area (Å²) in [6.07, 6.45) is 2.09. The first-order valence-corrected chi connectivity index (χ1v) is 7.64. The zero-order valence-corrected chi connectivity index (χ0v) is 12.9. The van der Waals surface area contributed by atoms with Gasteiger partial charge in [0.05, 0.1) is 6.61 Å². The molecule has 0 radical (unpaired) electrons. The molecule has 1 fully saturated rings. The number of urea groups is 1. The van der Waals surface area contributed by atoms with Crippen molar-refractivity contribution in [3.05, 3.63) is 36.4 Å². The average Bonchev–Trinajstić information content (AvgIpc) is 3.35. The van der Waals surface area contributed by atoms with Crippen LogP contribution >= 0.6 is 0 Å². The highest BCUT2D eigenvalue weighted by molar-refractivity contribution is 5.88. The number of carbonyl (C=O) groups is 1. The van der Waals surface area contributed by atoms with Gasteiger partial charge in [0.25, 0.3) is 0 Å². The third kappa shape index (κ3) is 4.57. The summed E-state index contributed by atoms with van der Waals surface area (Å²) < 4.78 is 5.39. The molecule has 120 valence electrons. The van der Waals surface area contributed by atoms with Gasteiger partial charge in [-0.05, 0) is 56.2 Å². The number of anilines is 3. The first-order valence-electron chi connectivity index (χ1n) is 7.64. The van der Waals surface area contributed by atoms with E-state index in [9.17, 15) is 4.79 Å². The zero-order chi connectivity index (χ0) is 16.1. The molecule has 1 aliphatic carbocycles. The molecule has 1 aliphatic rings. The Bertz CT molecular complexity index is 653. The van der Waals surface area contributed by atoms with Crippen LogP contribution in [0.4, 0.5) is 22.1 Å². The minimum Gasteiger partial charge on any atom is -0.494 e. The van der Waals surface area contributed by atoms with Gasteiger partial charge in [0.15, 0.2) is 11.6 Å². The van der Waals surface area contributed by atoms with Crippen molar-refractivity contribution >= 4 is 23.4 Å². The molecular weight excluding hydrogens is 294 g/mol. The van der Waals surface area contributed by atoms with Crippen molar-refractivity contribution in [3.63, 3.8) is 0 Å². The number of amides is 2. The molecule has 0 spiro atoms. The highest BCUT2D eigenvalue weighted by Gasteiger charge is 2.23. The summed E-state index contributed by atoms with van der Waals surface area (Å²) in [6.45, 7) is 2.59. The topological polar surface area (TPSA) is 88.2 Å². The van der Waals surface area contributed by atoms with Crippen molar-refractivity contribution in [2.75, 3.05) is 17.2 Å². The molecular formula is C16H19N5O2. The molecule has 7 heteroatoms. The van der Waals surface area contributed by atoms with Crippen LogP contribution in [0.25, 0.3) is 0 Å². The van der Waals surface area contributed by atoms with Crippen molar-refractivity contribution in [1.82, 2.24) is 15.5 Å². The van der Waals surface area contributed by atoms with E-state index in [1.807, 2.05) is 31.2 Å². The Labute approximate surface area is 134 Å². The number of nitrogens with zero attached hydrogens (tertiary/aromatic N) is 2. The van der Waals surface area contributed by atoms with Gasteiger partial charge in [0, 0.05) is 11.7 Å². The van der Waals surface area contributed by atoms with Crippen LogP contribution in [0.15, 0.2) is 36.4 Å². The van der Waals surface area contributed by atoms with Gasteiger partial charge in [-0.3, -0.25) is 5.32 Å². The van der Waals surface area contributed by atoms with Gasteiger partial charge in [-0.15, -0.1) is 10.2 Å². The Morgan fingerprint density at radius 1 is 1.13 bits per heavy atom. The molecule has 1 aromatic carbocycles. The maximum atomic E-state index is 11.6. The average molecular weight is 313 g/mol. The van der Waals surface area contributed by atoms with E-state index in [2.05, 4.69) is 26.1 Å². The van der Waals surface area contributed by atoms with Crippen molar-refractivity contribution < 1.29 is 9.53 Å². The fourth-order valence-corrected chi connectivity index (χ4v) is 1.98. The van der Waals surface area contributed by atoms with Crippen molar-refractivity contribution in [2.45, 2.75) is 25.8 Å². The number of ether oxygens (including phenoxy) is 1. The lowest BCUT2D eigenvalue weighted by Crippen LogP contribution is -2.30. The molecule has 0 saturated heterocycles. The van der Waals surface area contributed by atoms with E-state index in [4.69, 9.17) is 4.74 Å². The van der Waals surface area contributed by atoms with Gasteiger partial charge in [-0.2, -0.15) is 0 Å². The lowest BCUT2D eigenvalue weighted by Gasteiger charge is -2.08. The summed E-state index contributed by atoms with van der Waals surface area (Å²) in [4.78, 5) is 11.6. The van der Waals surface area contributed by atoms with Crippen LogP contribution < -0.4 is 20.7 Å². The van der Waals surface area contributed by atoms with E-state index in [-0.39, 0.29) is 6.03 Å². The monoisotopic (exact) mass is 313 g/mol. The van der Waals surface area contributed by atoms with E-state index in [1.54, 1.807) is 12.1 Å². The second-order valence-electron chi connectivity index (χ2n) is 5.26. The highest BCUT2D eigenvalue weighted by atomic mass is 16.5. The zero-order valence-electron chi connectivity index (χ0n) is 12.9. The van der Waals surface area contributed by atoms with Crippen LogP contribution in [0.1, 0.15) is 19.8 Å². The number of rotatable bonds is 6. The van der Waals surface area contributed by atoms with E-state index >= 15 is 0 Å². The molecule has 2 amide bonds. The second kappa shape index (κ2) is 6.95. The largest absolute Gasteiger partial charge is 0.494 e. The maximum Gasteiger partial charge on any atom is 0.320 e. The molecule has 0 bridgehead atoms. The molecule has 3 rings (SSSR count). The van der Waals surface area contributed by atoms with Gasteiger partial charge in [-0.1, -0.05) is 0 Å². The Morgan fingerprint density at radius 3 is 2.43 bits per heavy atom. The Hall–Kier alpha value is -2.83. The van der Waals surface area contributed by atoms with Crippen LogP contribution in [0.5, 0.6) is 5.75 Å². The molecule has 1 saturated carbocycles. The van der Waals surface area contributed by atoms with E-state index in [0.717, 1.165) is 24.3 Å². The smallest absolute Gasteiger partial charge is 0.320 e. The molecule has 2 aromatic rings. The Kier molecular flexibility index (Phi) is 4.56. The number of carbonyl (C=O) groups excluding carboxylic acids is 1. The summed E-state index contributed by atoms with van der Waals surface area (Å²) in [6, 6.07) is 11.1. The van der Waals surface area contributed by atoms with Crippen LogP contribution in [0.2, 0.25) is 0 Å². The summed E-state index contributed by atoms with van der Waals surface area (Å²) in [5.74, 6) is 1.84.